The number of piperidine rings is 1. The van der Waals surface area contributed by atoms with E-state index in [1.165, 1.54) is 6.42 Å². The van der Waals surface area contributed by atoms with Gasteiger partial charge in [-0.3, -0.25) is 4.79 Å². The Hall–Kier alpha value is -2.47. The van der Waals surface area contributed by atoms with Gasteiger partial charge in [0.15, 0.2) is 5.65 Å². The molecule has 3 heterocycles. The number of aromatic nitrogens is 2. The molecule has 1 saturated heterocycles. The largest absolute Gasteiger partial charge is 0.354 e. The number of amides is 1. The van der Waals surface area contributed by atoms with Crippen molar-refractivity contribution in [3.63, 3.8) is 0 Å². The summed E-state index contributed by atoms with van der Waals surface area (Å²) in [5.74, 6) is 0.0333. The Bertz CT molecular complexity index is 1040. The number of likely N-dealkylation sites (tertiary alicyclic amines) is 1. The fourth-order valence-corrected chi connectivity index (χ4v) is 3.85. The summed E-state index contributed by atoms with van der Waals surface area (Å²) in [5, 5.41) is 4.33. The summed E-state index contributed by atoms with van der Waals surface area (Å²) in [5.41, 5.74) is 4.98. The summed E-state index contributed by atoms with van der Waals surface area (Å²) in [4.78, 5) is 24.2. The van der Waals surface area contributed by atoms with Crippen molar-refractivity contribution < 1.29 is 4.79 Å². The maximum absolute atomic E-state index is 13.3. The second-order valence-electron chi connectivity index (χ2n) is 7.31. The van der Waals surface area contributed by atoms with Gasteiger partial charge in [-0.05, 0) is 69.0 Å². The van der Waals surface area contributed by atoms with Crippen molar-refractivity contribution in [1.82, 2.24) is 14.9 Å². The molecule has 1 aromatic carbocycles. The van der Waals surface area contributed by atoms with Crippen LogP contribution in [0.25, 0.3) is 11.0 Å². The maximum atomic E-state index is 13.3. The predicted octanol–water partition coefficient (Wildman–Crippen LogP) is 5.38. The van der Waals surface area contributed by atoms with Crippen molar-refractivity contribution in [3.8, 4) is 0 Å². The number of hydrogen-bond acceptors (Lipinski definition) is 4. The van der Waals surface area contributed by atoms with Crippen LogP contribution in [0.15, 0.2) is 41.0 Å². The van der Waals surface area contributed by atoms with E-state index in [0.29, 0.717) is 11.2 Å². The Morgan fingerprint density at radius 1 is 1.11 bits per heavy atom. The lowest BCUT2D eigenvalue weighted by atomic mass is 10.1. The molecule has 5 nitrogen and oxygen atoms in total. The van der Waals surface area contributed by atoms with Gasteiger partial charge in [-0.1, -0.05) is 15.9 Å². The van der Waals surface area contributed by atoms with E-state index in [1.54, 1.807) is 6.20 Å². The van der Waals surface area contributed by atoms with Crippen LogP contribution in [0, 0.1) is 13.8 Å². The first kappa shape index (κ1) is 18.9. The van der Waals surface area contributed by atoms with E-state index in [0.717, 1.165) is 58.4 Å². The lowest BCUT2D eigenvalue weighted by Gasteiger charge is -2.27. The highest BCUT2D eigenvalue weighted by molar-refractivity contribution is 9.10. The molecular formula is C22H23BrN4O. The Balaban J connectivity index is 1.81. The number of carbonyl (C=O) groups excluding carboxylic acids is 1. The number of nitrogens with one attached hydrogen (secondary N) is 1. The van der Waals surface area contributed by atoms with Crippen LogP contribution < -0.4 is 5.32 Å². The van der Waals surface area contributed by atoms with Gasteiger partial charge in [0.05, 0.1) is 11.3 Å². The molecule has 144 valence electrons. The number of benzene rings is 1. The summed E-state index contributed by atoms with van der Waals surface area (Å²) in [7, 11) is 0. The van der Waals surface area contributed by atoms with Gasteiger partial charge in [0.1, 0.15) is 0 Å². The molecule has 1 fully saturated rings. The molecule has 1 amide bonds. The summed E-state index contributed by atoms with van der Waals surface area (Å²) >= 11 is 3.54. The number of hydrogen-bond donors (Lipinski definition) is 1. The monoisotopic (exact) mass is 438 g/mol. The second-order valence-corrected chi connectivity index (χ2v) is 8.17. The molecule has 1 N–H and O–H groups in total. The molecule has 0 unspecified atom stereocenters. The summed E-state index contributed by atoms with van der Waals surface area (Å²) in [6.45, 7) is 5.60. The molecule has 4 rings (SSSR count). The van der Waals surface area contributed by atoms with Crippen molar-refractivity contribution in [2.45, 2.75) is 33.1 Å². The quantitative estimate of drug-likeness (QED) is 0.596. The Morgan fingerprint density at radius 3 is 2.64 bits per heavy atom. The summed E-state index contributed by atoms with van der Waals surface area (Å²) in [6, 6.07) is 10.0. The summed E-state index contributed by atoms with van der Waals surface area (Å²) in [6.07, 6.45) is 4.97. The first-order valence-electron chi connectivity index (χ1n) is 9.62. The average molecular weight is 439 g/mol. The lowest BCUT2D eigenvalue weighted by Crippen LogP contribution is -2.36. The van der Waals surface area contributed by atoms with Gasteiger partial charge < -0.3 is 10.2 Å². The van der Waals surface area contributed by atoms with Crippen LogP contribution in [0.2, 0.25) is 0 Å². The minimum absolute atomic E-state index is 0.0333. The van der Waals surface area contributed by atoms with Gasteiger partial charge in [0, 0.05) is 40.5 Å². The summed E-state index contributed by atoms with van der Waals surface area (Å²) < 4.78 is 1.06. The molecule has 0 bridgehead atoms. The number of pyridine rings is 2. The SMILES string of the molecule is Cc1ccc2c(Nc3ccc(Br)c(C)c3)c(C(=O)N3CCCCC3)cnc2n1. The molecule has 1 aliphatic heterocycles. The molecular weight excluding hydrogens is 416 g/mol. The smallest absolute Gasteiger partial charge is 0.257 e. The normalized spacial score (nSPS) is 14.3. The molecule has 0 aliphatic carbocycles. The van der Waals surface area contributed by atoms with Gasteiger partial charge in [0.25, 0.3) is 5.91 Å². The number of carbonyl (C=O) groups is 1. The van der Waals surface area contributed by atoms with Gasteiger partial charge in [-0.25, -0.2) is 9.97 Å². The standard InChI is InChI=1S/C22H23BrN4O/c1-14-12-16(7-9-19(14)23)26-20-17-8-6-15(2)25-21(17)24-13-18(20)22(28)27-10-4-3-5-11-27/h6-9,12-13H,3-5,10-11H2,1-2H3,(H,24,25,26). The Kier molecular flexibility index (Phi) is 5.31. The third-order valence-electron chi connectivity index (χ3n) is 5.17. The third-order valence-corrected chi connectivity index (χ3v) is 6.06. The molecule has 0 spiro atoms. The molecule has 0 saturated carbocycles. The van der Waals surface area contributed by atoms with E-state index in [4.69, 9.17) is 0 Å². The molecule has 0 radical (unpaired) electrons. The van der Waals surface area contributed by atoms with Crippen molar-refractivity contribution in [1.29, 1.82) is 0 Å². The molecule has 3 aromatic rings. The van der Waals surface area contributed by atoms with Crippen LogP contribution in [0.1, 0.15) is 40.9 Å². The van der Waals surface area contributed by atoms with Crippen molar-refractivity contribution in [2.75, 3.05) is 18.4 Å². The van der Waals surface area contributed by atoms with Crippen LogP contribution in [0.3, 0.4) is 0 Å². The fourth-order valence-electron chi connectivity index (χ4n) is 3.60. The van der Waals surface area contributed by atoms with Crippen molar-refractivity contribution in [3.05, 3.63) is 57.8 Å². The average Bonchev–Trinajstić information content (AvgIpc) is 2.71. The zero-order valence-electron chi connectivity index (χ0n) is 16.1. The topological polar surface area (TPSA) is 58.1 Å². The predicted molar refractivity (Wildman–Crippen MR) is 116 cm³/mol. The van der Waals surface area contributed by atoms with E-state index < -0.39 is 0 Å². The number of aryl methyl sites for hydroxylation is 2. The third kappa shape index (κ3) is 3.74. The first-order valence-corrected chi connectivity index (χ1v) is 10.4. The highest BCUT2D eigenvalue weighted by Crippen LogP contribution is 2.31. The lowest BCUT2D eigenvalue weighted by molar-refractivity contribution is 0.0725. The van der Waals surface area contributed by atoms with Crippen LogP contribution in [-0.4, -0.2) is 33.9 Å². The Labute approximate surface area is 173 Å². The maximum Gasteiger partial charge on any atom is 0.257 e. The van der Waals surface area contributed by atoms with Gasteiger partial charge in [0.2, 0.25) is 0 Å². The van der Waals surface area contributed by atoms with Crippen LogP contribution >= 0.6 is 15.9 Å². The van der Waals surface area contributed by atoms with E-state index in [2.05, 4.69) is 37.3 Å². The number of nitrogens with zero attached hydrogens (tertiary/aromatic N) is 3. The number of halogens is 1. The number of fused-ring (bicyclic) bond motifs is 1. The van der Waals surface area contributed by atoms with Gasteiger partial charge in [-0.15, -0.1) is 0 Å². The molecule has 28 heavy (non-hydrogen) atoms. The van der Waals surface area contributed by atoms with Gasteiger partial charge in [-0.2, -0.15) is 0 Å². The number of rotatable bonds is 3. The van der Waals surface area contributed by atoms with Crippen LogP contribution in [-0.2, 0) is 0 Å². The zero-order chi connectivity index (χ0) is 19.7. The molecule has 2 aromatic heterocycles. The Morgan fingerprint density at radius 2 is 1.89 bits per heavy atom. The first-order chi connectivity index (χ1) is 13.5. The van der Waals surface area contributed by atoms with Crippen molar-refractivity contribution >= 4 is 44.2 Å². The van der Waals surface area contributed by atoms with E-state index >= 15 is 0 Å². The molecule has 0 atom stereocenters. The van der Waals surface area contributed by atoms with Crippen LogP contribution in [0.4, 0.5) is 11.4 Å². The van der Waals surface area contributed by atoms with Crippen LogP contribution in [0.5, 0.6) is 0 Å². The van der Waals surface area contributed by atoms with Gasteiger partial charge >= 0.3 is 0 Å². The highest BCUT2D eigenvalue weighted by atomic mass is 79.9. The molecule has 1 aliphatic rings. The van der Waals surface area contributed by atoms with Crippen molar-refractivity contribution in [2.24, 2.45) is 0 Å². The zero-order valence-corrected chi connectivity index (χ0v) is 17.7. The second kappa shape index (κ2) is 7.87. The van der Waals surface area contributed by atoms with E-state index in [-0.39, 0.29) is 5.91 Å². The minimum Gasteiger partial charge on any atom is -0.354 e. The minimum atomic E-state index is 0.0333. The van der Waals surface area contributed by atoms with E-state index in [9.17, 15) is 4.79 Å². The fraction of sp³-hybridized carbons (Fsp3) is 0.318. The number of anilines is 2. The molecule has 6 heteroatoms. The van der Waals surface area contributed by atoms with E-state index in [1.807, 2.05) is 43.0 Å². The highest BCUT2D eigenvalue weighted by Gasteiger charge is 2.23.